The smallest absolute Gasteiger partial charge is 0.406 e. The first kappa shape index (κ1) is 15.9. The van der Waals surface area contributed by atoms with E-state index in [0.717, 1.165) is 0 Å². The summed E-state index contributed by atoms with van der Waals surface area (Å²) in [6.45, 7) is 0. The molecular weight excluding hydrogens is 323 g/mol. The Morgan fingerprint density at radius 2 is 2.04 bits per heavy atom. The molecule has 0 radical (unpaired) electrons. The number of carbonyl (C=O) groups is 1. The van der Waals surface area contributed by atoms with E-state index >= 15 is 0 Å². The topological polar surface area (TPSA) is 81.0 Å². The van der Waals surface area contributed by atoms with E-state index in [-0.39, 0.29) is 12.2 Å². The quantitative estimate of drug-likeness (QED) is 0.768. The molecule has 8 heteroatoms. The van der Waals surface area contributed by atoms with Crippen LogP contribution < -0.4 is 10.5 Å². The van der Waals surface area contributed by atoms with Gasteiger partial charge in [-0.15, -0.1) is 13.2 Å². The molecule has 5 nitrogen and oxygen atoms in total. The summed E-state index contributed by atoms with van der Waals surface area (Å²) in [6.07, 6.45) is -1.55. The Balaban J connectivity index is 2.00. The van der Waals surface area contributed by atoms with Crippen molar-refractivity contribution in [2.45, 2.75) is 12.8 Å². The zero-order valence-electron chi connectivity index (χ0n) is 12.2. The molecule has 24 heavy (non-hydrogen) atoms. The number of nitrogens with two attached hydrogens (primary N) is 1. The van der Waals surface area contributed by atoms with Crippen molar-refractivity contribution in [2.75, 3.05) is 0 Å². The monoisotopic (exact) mass is 335 g/mol. The van der Waals surface area contributed by atoms with Gasteiger partial charge in [-0.25, -0.2) is 4.98 Å². The number of H-pyrrole nitrogens is 1. The molecule has 3 N–H and O–H groups in total. The fourth-order valence-corrected chi connectivity index (χ4v) is 2.42. The molecule has 2 heterocycles. The first-order valence-corrected chi connectivity index (χ1v) is 6.92. The number of hydrogen-bond acceptors (Lipinski definition) is 3. The summed E-state index contributed by atoms with van der Waals surface area (Å²) >= 11 is 0. The third kappa shape index (κ3) is 3.48. The summed E-state index contributed by atoms with van der Waals surface area (Å²) in [4.78, 5) is 18.2. The summed E-state index contributed by atoms with van der Waals surface area (Å²) in [6, 6.07) is 7.34. The van der Waals surface area contributed by atoms with Crippen molar-refractivity contribution in [1.29, 1.82) is 0 Å². The Kier molecular flexibility index (Phi) is 3.88. The second-order valence-electron chi connectivity index (χ2n) is 5.15. The van der Waals surface area contributed by atoms with Gasteiger partial charge in [0.15, 0.2) is 0 Å². The summed E-state index contributed by atoms with van der Waals surface area (Å²) in [5.41, 5.74) is 7.56. The maximum atomic E-state index is 12.3. The molecule has 3 aromatic rings. The fraction of sp³-hybridized carbons (Fsp3) is 0.125. The highest BCUT2D eigenvalue weighted by Gasteiger charge is 2.31. The predicted molar refractivity (Wildman–Crippen MR) is 81.1 cm³/mol. The lowest BCUT2D eigenvalue weighted by Crippen LogP contribution is -2.17. The van der Waals surface area contributed by atoms with E-state index < -0.39 is 12.3 Å². The van der Waals surface area contributed by atoms with Crippen LogP contribution in [0.4, 0.5) is 13.2 Å². The third-order valence-corrected chi connectivity index (χ3v) is 3.38. The van der Waals surface area contributed by atoms with Crippen LogP contribution in [0.25, 0.3) is 22.2 Å². The molecule has 0 saturated carbocycles. The summed E-state index contributed by atoms with van der Waals surface area (Å²) in [7, 11) is 0. The Bertz CT molecular complexity index is 903. The number of aromatic nitrogens is 2. The lowest BCUT2D eigenvalue weighted by molar-refractivity contribution is -0.274. The predicted octanol–water partition coefficient (Wildman–Crippen LogP) is 3.16. The molecule has 0 unspecified atom stereocenters. The fourth-order valence-electron chi connectivity index (χ4n) is 2.42. The number of pyridine rings is 1. The average molecular weight is 335 g/mol. The van der Waals surface area contributed by atoms with E-state index in [0.29, 0.717) is 27.7 Å². The van der Waals surface area contributed by atoms with E-state index in [4.69, 9.17) is 5.73 Å². The Morgan fingerprint density at radius 3 is 2.75 bits per heavy atom. The highest BCUT2D eigenvalue weighted by Crippen LogP contribution is 2.29. The van der Waals surface area contributed by atoms with Gasteiger partial charge in [0.2, 0.25) is 5.91 Å². The second kappa shape index (κ2) is 5.88. The van der Waals surface area contributed by atoms with Crippen LogP contribution in [0.1, 0.15) is 5.56 Å². The van der Waals surface area contributed by atoms with Gasteiger partial charge in [-0.2, -0.15) is 0 Å². The molecule has 0 atom stereocenters. The van der Waals surface area contributed by atoms with Crippen molar-refractivity contribution in [3.63, 3.8) is 0 Å². The number of alkyl halides is 3. The van der Waals surface area contributed by atoms with E-state index in [9.17, 15) is 18.0 Å². The van der Waals surface area contributed by atoms with Crippen LogP contribution in [0.3, 0.4) is 0 Å². The molecule has 2 aromatic heterocycles. The van der Waals surface area contributed by atoms with Crippen LogP contribution in [0, 0.1) is 0 Å². The van der Waals surface area contributed by atoms with Crippen LogP contribution in [0.2, 0.25) is 0 Å². The number of rotatable bonds is 4. The summed E-state index contributed by atoms with van der Waals surface area (Å²) in [5, 5.41) is 0.688. The maximum Gasteiger partial charge on any atom is 0.573 e. The van der Waals surface area contributed by atoms with Crippen molar-refractivity contribution >= 4 is 16.9 Å². The molecular formula is C16H12F3N3O2. The minimum absolute atomic E-state index is 0.0440. The normalized spacial score (nSPS) is 11.6. The van der Waals surface area contributed by atoms with Gasteiger partial charge in [0.25, 0.3) is 0 Å². The molecule has 0 saturated heterocycles. The number of halogens is 3. The van der Waals surface area contributed by atoms with Crippen molar-refractivity contribution in [1.82, 2.24) is 9.97 Å². The summed E-state index contributed by atoms with van der Waals surface area (Å²) in [5.74, 6) is -0.798. The van der Waals surface area contributed by atoms with Gasteiger partial charge in [-0.05, 0) is 29.3 Å². The number of aromatic amines is 1. The number of nitrogens with one attached hydrogen (secondary N) is 1. The third-order valence-electron chi connectivity index (χ3n) is 3.38. The van der Waals surface area contributed by atoms with E-state index in [1.54, 1.807) is 18.3 Å². The number of primary amides is 1. The van der Waals surface area contributed by atoms with Crippen LogP contribution in [-0.2, 0) is 11.2 Å². The van der Waals surface area contributed by atoms with Crippen molar-refractivity contribution in [2.24, 2.45) is 5.73 Å². The van der Waals surface area contributed by atoms with Gasteiger partial charge in [-0.1, -0.05) is 12.1 Å². The number of amides is 1. The Morgan fingerprint density at radius 1 is 1.25 bits per heavy atom. The summed E-state index contributed by atoms with van der Waals surface area (Å²) < 4.78 is 40.9. The van der Waals surface area contributed by atoms with E-state index in [2.05, 4.69) is 14.7 Å². The van der Waals surface area contributed by atoms with Gasteiger partial charge in [0.1, 0.15) is 11.4 Å². The first-order valence-electron chi connectivity index (χ1n) is 6.92. The first-order chi connectivity index (χ1) is 11.3. The van der Waals surface area contributed by atoms with E-state index in [1.165, 1.54) is 24.4 Å². The zero-order valence-corrected chi connectivity index (χ0v) is 12.2. The molecule has 3 rings (SSSR count). The SMILES string of the molecule is NC(=O)Cc1c[nH]c2ncc(-c3cccc(OC(F)(F)F)c3)cc12. The largest absolute Gasteiger partial charge is 0.573 e. The molecule has 1 amide bonds. The lowest BCUT2D eigenvalue weighted by atomic mass is 10.0. The van der Waals surface area contributed by atoms with Crippen LogP contribution >= 0.6 is 0 Å². The molecule has 0 fully saturated rings. The highest BCUT2D eigenvalue weighted by atomic mass is 19.4. The van der Waals surface area contributed by atoms with Crippen molar-refractivity contribution in [3.8, 4) is 16.9 Å². The Hall–Kier alpha value is -3.03. The van der Waals surface area contributed by atoms with Crippen LogP contribution in [0.5, 0.6) is 5.75 Å². The number of ether oxygens (including phenoxy) is 1. The van der Waals surface area contributed by atoms with Crippen LogP contribution in [-0.4, -0.2) is 22.2 Å². The number of carbonyl (C=O) groups excluding carboxylic acids is 1. The van der Waals surface area contributed by atoms with Gasteiger partial charge < -0.3 is 15.5 Å². The van der Waals surface area contributed by atoms with Crippen molar-refractivity contribution < 1.29 is 22.7 Å². The minimum atomic E-state index is -4.75. The minimum Gasteiger partial charge on any atom is -0.406 e. The molecule has 0 aliphatic heterocycles. The molecule has 0 aliphatic rings. The van der Waals surface area contributed by atoms with E-state index in [1.807, 2.05) is 0 Å². The van der Waals surface area contributed by atoms with Crippen LogP contribution in [0.15, 0.2) is 42.7 Å². The number of benzene rings is 1. The number of nitrogens with zero attached hydrogens (tertiary/aromatic N) is 1. The highest BCUT2D eigenvalue weighted by molar-refractivity contribution is 5.89. The molecule has 1 aromatic carbocycles. The Labute approximate surface area is 134 Å². The average Bonchev–Trinajstić information content (AvgIpc) is 2.87. The molecule has 0 aliphatic carbocycles. The zero-order chi connectivity index (χ0) is 17.3. The lowest BCUT2D eigenvalue weighted by Gasteiger charge is -2.10. The molecule has 0 bridgehead atoms. The second-order valence-corrected chi connectivity index (χ2v) is 5.15. The van der Waals surface area contributed by atoms with Gasteiger partial charge >= 0.3 is 6.36 Å². The number of hydrogen-bond donors (Lipinski definition) is 2. The standard InChI is InChI=1S/C16H12F3N3O2/c17-16(18,19)24-12-3-1-2-9(4-12)10-5-13-11(6-14(20)23)8-22-15(13)21-7-10/h1-5,7-8H,6H2,(H2,20,23)(H,21,22). The van der Waals surface area contributed by atoms with Gasteiger partial charge in [-0.3, -0.25) is 4.79 Å². The number of fused-ring (bicyclic) bond motifs is 1. The molecule has 0 spiro atoms. The maximum absolute atomic E-state index is 12.3. The van der Waals surface area contributed by atoms with Gasteiger partial charge in [0, 0.05) is 23.3 Å². The molecule has 124 valence electrons. The van der Waals surface area contributed by atoms with Crippen molar-refractivity contribution in [3.05, 3.63) is 48.3 Å². The van der Waals surface area contributed by atoms with Gasteiger partial charge in [0.05, 0.1) is 6.42 Å².